The molecule has 9 nitrogen and oxygen atoms in total. The largest absolute Gasteiger partial charge is 0.465 e. The van der Waals surface area contributed by atoms with Crippen molar-refractivity contribution in [1.82, 2.24) is 15.6 Å². The van der Waals surface area contributed by atoms with Gasteiger partial charge in [-0.25, -0.2) is 9.78 Å². The van der Waals surface area contributed by atoms with Crippen molar-refractivity contribution in [3.63, 3.8) is 0 Å². The molecule has 1 aromatic heterocycles. The van der Waals surface area contributed by atoms with Crippen molar-refractivity contribution < 1.29 is 19.5 Å². The number of carbonyl (C=O) groups is 3. The highest BCUT2D eigenvalue weighted by atomic mass is 16.4. The average Bonchev–Trinajstić information content (AvgIpc) is 2.86. The van der Waals surface area contributed by atoms with Crippen LogP contribution in [0.2, 0.25) is 0 Å². The summed E-state index contributed by atoms with van der Waals surface area (Å²) in [6.45, 7) is 3.97. The van der Waals surface area contributed by atoms with Crippen molar-refractivity contribution >= 4 is 29.4 Å². The summed E-state index contributed by atoms with van der Waals surface area (Å²) in [7, 11) is 0. The molecule has 9 heteroatoms. The number of nitrogens with one attached hydrogen (secondary N) is 3. The molecule has 36 heavy (non-hydrogen) atoms. The number of fused-ring (bicyclic) bond motifs is 1. The summed E-state index contributed by atoms with van der Waals surface area (Å²) >= 11 is 0. The lowest BCUT2D eigenvalue weighted by Crippen LogP contribution is -2.43. The molecule has 3 aromatic rings. The molecule has 3 amide bonds. The third kappa shape index (κ3) is 5.63. The monoisotopic (exact) mass is 487 g/mol. The van der Waals surface area contributed by atoms with Crippen LogP contribution in [0.3, 0.4) is 0 Å². The Bertz CT molecular complexity index is 1250. The molecule has 2 aromatic carbocycles. The van der Waals surface area contributed by atoms with Gasteiger partial charge < -0.3 is 26.0 Å². The Labute approximate surface area is 209 Å². The number of amides is 3. The van der Waals surface area contributed by atoms with Crippen molar-refractivity contribution in [2.45, 2.75) is 32.4 Å². The van der Waals surface area contributed by atoms with Crippen LogP contribution in [0, 0.1) is 0 Å². The van der Waals surface area contributed by atoms with E-state index >= 15 is 0 Å². The Morgan fingerprint density at radius 1 is 1.00 bits per heavy atom. The number of nitrogens with zero attached hydrogens (tertiary/aromatic N) is 2. The molecule has 0 fully saturated rings. The van der Waals surface area contributed by atoms with E-state index in [1.54, 1.807) is 25.3 Å². The highest BCUT2D eigenvalue weighted by Gasteiger charge is 2.32. The maximum atomic E-state index is 12.4. The van der Waals surface area contributed by atoms with Crippen molar-refractivity contribution in [3.05, 3.63) is 78.0 Å². The number of aromatic nitrogens is 1. The lowest BCUT2D eigenvalue weighted by molar-refractivity contribution is -0.117. The third-order valence-electron chi connectivity index (χ3n) is 6.17. The molecule has 4 rings (SSSR count). The number of carboxylic acid groups (broad SMARTS) is 1. The van der Waals surface area contributed by atoms with E-state index in [-0.39, 0.29) is 37.0 Å². The van der Waals surface area contributed by atoms with Crippen LogP contribution in [-0.4, -0.2) is 47.1 Å². The van der Waals surface area contributed by atoms with E-state index in [4.69, 9.17) is 5.11 Å². The lowest BCUT2D eigenvalue weighted by Gasteiger charge is -2.39. The van der Waals surface area contributed by atoms with Crippen molar-refractivity contribution in [1.29, 1.82) is 0 Å². The SMILES string of the molecule is CC(=O)N1c2ccc(-c3ccc(C(=O)NCCNC(=O)O)cc3)cc2C(Nc2ccccn2)CC1C. The van der Waals surface area contributed by atoms with Crippen LogP contribution < -0.4 is 20.9 Å². The Balaban J connectivity index is 1.57. The zero-order chi connectivity index (χ0) is 25.7. The summed E-state index contributed by atoms with van der Waals surface area (Å²) in [5, 5.41) is 17.0. The molecular weight excluding hydrogens is 458 g/mol. The molecule has 0 bridgehead atoms. The first-order valence-electron chi connectivity index (χ1n) is 11.8. The van der Waals surface area contributed by atoms with Gasteiger partial charge in [0.2, 0.25) is 5.91 Å². The summed E-state index contributed by atoms with van der Waals surface area (Å²) in [5.74, 6) is 0.503. The molecule has 1 aliphatic heterocycles. The van der Waals surface area contributed by atoms with Crippen LogP contribution >= 0.6 is 0 Å². The summed E-state index contributed by atoms with van der Waals surface area (Å²) in [6, 6.07) is 19.0. The minimum atomic E-state index is -1.13. The quantitative estimate of drug-likeness (QED) is 0.373. The molecule has 0 saturated heterocycles. The number of benzene rings is 2. The first-order valence-corrected chi connectivity index (χ1v) is 11.8. The average molecular weight is 488 g/mol. The van der Waals surface area contributed by atoms with Gasteiger partial charge in [0.25, 0.3) is 5.91 Å². The van der Waals surface area contributed by atoms with Gasteiger partial charge in [-0.2, -0.15) is 0 Å². The Morgan fingerprint density at radius 2 is 1.72 bits per heavy atom. The summed E-state index contributed by atoms with van der Waals surface area (Å²) in [5.41, 5.74) is 4.28. The normalized spacial score (nSPS) is 16.6. The molecule has 0 spiro atoms. The second-order valence-electron chi connectivity index (χ2n) is 8.72. The van der Waals surface area contributed by atoms with E-state index in [9.17, 15) is 14.4 Å². The van der Waals surface area contributed by atoms with Crippen LogP contribution in [0.5, 0.6) is 0 Å². The Kier molecular flexibility index (Phi) is 7.48. The molecule has 0 radical (unpaired) electrons. The maximum Gasteiger partial charge on any atom is 0.404 e. The first kappa shape index (κ1) is 24.7. The predicted molar refractivity (Wildman–Crippen MR) is 138 cm³/mol. The van der Waals surface area contributed by atoms with Gasteiger partial charge in [0, 0.05) is 43.5 Å². The first-order chi connectivity index (χ1) is 17.3. The Hall–Kier alpha value is -4.40. The van der Waals surface area contributed by atoms with Gasteiger partial charge in [0.1, 0.15) is 5.82 Å². The third-order valence-corrected chi connectivity index (χ3v) is 6.17. The van der Waals surface area contributed by atoms with E-state index in [0.717, 1.165) is 34.6 Å². The number of carbonyl (C=O) groups excluding carboxylic acids is 2. The van der Waals surface area contributed by atoms with E-state index in [1.807, 2.05) is 54.3 Å². The minimum absolute atomic E-state index is 0.00158. The van der Waals surface area contributed by atoms with Gasteiger partial charge in [0.15, 0.2) is 0 Å². The van der Waals surface area contributed by atoms with Gasteiger partial charge in [-0.1, -0.05) is 24.3 Å². The number of hydrogen-bond acceptors (Lipinski definition) is 5. The molecule has 2 atom stereocenters. The topological polar surface area (TPSA) is 124 Å². The van der Waals surface area contributed by atoms with Crippen LogP contribution in [0.15, 0.2) is 66.9 Å². The fourth-order valence-corrected chi connectivity index (χ4v) is 4.55. The second-order valence-corrected chi connectivity index (χ2v) is 8.72. The Morgan fingerprint density at radius 3 is 2.39 bits per heavy atom. The molecule has 186 valence electrons. The number of rotatable bonds is 7. The van der Waals surface area contributed by atoms with Crippen LogP contribution in [0.25, 0.3) is 11.1 Å². The van der Waals surface area contributed by atoms with Gasteiger partial charge >= 0.3 is 6.09 Å². The highest BCUT2D eigenvalue weighted by Crippen LogP contribution is 2.41. The summed E-state index contributed by atoms with van der Waals surface area (Å²) in [4.78, 5) is 41.5. The molecule has 2 unspecified atom stereocenters. The van der Waals surface area contributed by atoms with Gasteiger partial charge in [-0.15, -0.1) is 0 Å². The highest BCUT2D eigenvalue weighted by molar-refractivity contribution is 5.95. The molecular formula is C27H29N5O4. The predicted octanol–water partition coefficient (Wildman–Crippen LogP) is 4.04. The van der Waals surface area contributed by atoms with E-state index in [1.165, 1.54) is 0 Å². The van der Waals surface area contributed by atoms with Crippen LogP contribution in [0.1, 0.15) is 42.2 Å². The van der Waals surface area contributed by atoms with E-state index in [0.29, 0.717) is 5.56 Å². The zero-order valence-electron chi connectivity index (χ0n) is 20.2. The summed E-state index contributed by atoms with van der Waals surface area (Å²) < 4.78 is 0. The summed E-state index contributed by atoms with van der Waals surface area (Å²) in [6.07, 6.45) is 1.35. The van der Waals surface area contributed by atoms with Crippen LogP contribution in [-0.2, 0) is 4.79 Å². The fraction of sp³-hybridized carbons (Fsp3) is 0.259. The van der Waals surface area contributed by atoms with Crippen molar-refractivity contribution in [2.75, 3.05) is 23.3 Å². The zero-order valence-corrected chi connectivity index (χ0v) is 20.2. The lowest BCUT2D eigenvalue weighted by atomic mass is 9.89. The maximum absolute atomic E-state index is 12.4. The minimum Gasteiger partial charge on any atom is -0.465 e. The molecule has 1 aliphatic rings. The fourth-order valence-electron chi connectivity index (χ4n) is 4.55. The molecule has 0 aliphatic carbocycles. The van der Waals surface area contributed by atoms with Crippen molar-refractivity contribution in [2.24, 2.45) is 0 Å². The van der Waals surface area contributed by atoms with Crippen LogP contribution in [0.4, 0.5) is 16.3 Å². The van der Waals surface area contributed by atoms with E-state index in [2.05, 4.69) is 27.0 Å². The number of anilines is 2. The number of hydrogen-bond donors (Lipinski definition) is 4. The second kappa shape index (κ2) is 10.9. The van der Waals surface area contributed by atoms with Crippen molar-refractivity contribution in [3.8, 4) is 11.1 Å². The van der Waals surface area contributed by atoms with Gasteiger partial charge in [-0.05, 0) is 66.4 Å². The van der Waals surface area contributed by atoms with Gasteiger partial charge in [0.05, 0.1) is 6.04 Å². The smallest absolute Gasteiger partial charge is 0.404 e. The molecule has 0 saturated carbocycles. The molecule has 2 heterocycles. The molecule has 4 N–H and O–H groups in total. The number of pyridine rings is 1. The standard InChI is InChI=1S/C27H29N5O4/c1-17-15-23(31-25-5-3-4-12-28-25)22-16-21(10-11-24(22)32(17)18(2)33)19-6-8-20(9-7-19)26(34)29-13-14-30-27(35)36/h3-12,16-17,23,30H,13-15H2,1-2H3,(H,28,31)(H,29,34)(H,35,36). The van der Waals surface area contributed by atoms with Gasteiger partial charge in [-0.3, -0.25) is 9.59 Å². The van der Waals surface area contributed by atoms with E-state index < -0.39 is 6.09 Å².